The van der Waals surface area contributed by atoms with Gasteiger partial charge in [-0.25, -0.2) is 4.98 Å². The zero-order chi connectivity index (χ0) is 23.3. The Labute approximate surface area is 199 Å². The van der Waals surface area contributed by atoms with Crippen LogP contribution in [-0.4, -0.2) is 97.1 Å². The average molecular weight is 468 g/mol. The predicted octanol–water partition coefficient (Wildman–Crippen LogP) is -0.154. The normalized spacial score (nSPS) is 19.7. The Balaban J connectivity index is 1.19. The van der Waals surface area contributed by atoms with Gasteiger partial charge in [0.15, 0.2) is 0 Å². The first-order chi connectivity index (χ1) is 16.6. The minimum Gasteiger partial charge on any atom is -0.390 e. The van der Waals surface area contributed by atoms with E-state index in [1.54, 1.807) is 6.07 Å². The molecule has 3 aliphatic heterocycles. The van der Waals surface area contributed by atoms with E-state index in [1.807, 2.05) is 4.90 Å². The number of ether oxygens (including phenoxy) is 1. The average Bonchev–Trinajstić information content (AvgIpc) is 2.85. The molecule has 182 valence electrons. The highest BCUT2D eigenvalue weighted by molar-refractivity contribution is 5.93. The Hall–Kier alpha value is -2.79. The third-order valence-corrected chi connectivity index (χ3v) is 6.55. The standard InChI is InChI=1S/C24H33N7O3/c32-20(16-30-6-5-17-3-1-2-4-18(17)15-30)14-26-23(33)21-11-22(27-19-12-25-13-19)29-24(28-21)31-7-9-34-10-8-31/h1-4,11,19-20,25,32H,5-10,12-16H2,(H,26,33)(H,27,28,29). The van der Waals surface area contributed by atoms with Gasteiger partial charge in [-0.15, -0.1) is 0 Å². The van der Waals surface area contributed by atoms with Crippen LogP contribution in [0.5, 0.6) is 0 Å². The molecular weight excluding hydrogens is 434 g/mol. The first-order valence-electron chi connectivity index (χ1n) is 12.1. The number of β-amino-alcohol motifs (C(OH)–C–C–N with tert-alkyl or cyclic N) is 1. The second kappa shape index (κ2) is 10.6. The Morgan fingerprint density at radius 3 is 2.74 bits per heavy atom. The van der Waals surface area contributed by atoms with Crippen LogP contribution in [-0.2, 0) is 17.7 Å². The highest BCUT2D eigenvalue weighted by Crippen LogP contribution is 2.19. The predicted molar refractivity (Wildman–Crippen MR) is 129 cm³/mol. The van der Waals surface area contributed by atoms with Crippen LogP contribution in [0, 0.1) is 0 Å². The molecule has 10 nitrogen and oxygen atoms in total. The number of morpholine rings is 1. The number of aliphatic hydroxyl groups excluding tert-OH is 1. The minimum absolute atomic E-state index is 0.170. The quantitative estimate of drug-likeness (QED) is 0.421. The van der Waals surface area contributed by atoms with Crippen LogP contribution in [0.4, 0.5) is 11.8 Å². The number of carbonyl (C=O) groups is 1. The minimum atomic E-state index is -0.659. The number of hydrogen-bond donors (Lipinski definition) is 4. The van der Waals surface area contributed by atoms with Gasteiger partial charge in [0.2, 0.25) is 5.95 Å². The van der Waals surface area contributed by atoms with Crippen LogP contribution >= 0.6 is 0 Å². The molecule has 1 amide bonds. The van der Waals surface area contributed by atoms with Crippen molar-refractivity contribution in [1.29, 1.82) is 0 Å². The number of fused-ring (bicyclic) bond motifs is 1. The van der Waals surface area contributed by atoms with Crippen LogP contribution in [0.25, 0.3) is 0 Å². The zero-order valence-electron chi connectivity index (χ0n) is 19.4. The molecule has 0 aliphatic carbocycles. The SMILES string of the molecule is O=C(NCC(O)CN1CCc2ccccc2C1)c1cc(NC2CNC2)nc(N2CCOCC2)n1. The van der Waals surface area contributed by atoms with E-state index in [4.69, 9.17) is 4.74 Å². The molecule has 2 aromatic rings. The topological polar surface area (TPSA) is 115 Å². The van der Waals surface area contributed by atoms with E-state index in [-0.39, 0.29) is 12.5 Å². The van der Waals surface area contributed by atoms with Gasteiger partial charge in [0.05, 0.1) is 25.4 Å². The fraction of sp³-hybridized carbons (Fsp3) is 0.542. The van der Waals surface area contributed by atoms with Crippen LogP contribution in [0.3, 0.4) is 0 Å². The third-order valence-electron chi connectivity index (χ3n) is 6.55. The molecule has 0 spiro atoms. The van der Waals surface area contributed by atoms with Crippen molar-refractivity contribution in [3.8, 4) is 0 Å². The van der Waals surface area contributed by atoms with Gasteiger partial charge in [0.25, 0.3) is 5.91 Å². The van der Waals surface area contributed by atoms with E-state index in [0.29, 0.717) is 56.4 Å². The van der Waals surface area contributed by atoms with E-state index in [1.165, 1.54) is 11.1 Å². The summed E-state index contributed by atoms with van der Waals surface area (Å²) in [5, 5.41) is 20.0. The summed E-state index contributed by atoms with van der Waals surface area (Å²) in [6.07, 6.45) is 0.320. The molecule has 1 unspecified atom stereocenters. The second-order valence-corrected chi connectivity index (χ2v) is 9.16. The number of hydrogen-bond acceptors (Lipinski definition) is 9. The fourth-order valence-electron chi connectivity index (χ4n) is 4.50. The van der Waals surface area contributed by atoms with E-state index in [0.717, 1.165) is 32.6 Å². The number of amides is 1. The van der Waals surface area contributed by atoms with Gasteiger partial charge in [-0.2, -0.15) is 4.98 Å². The summed E-state index contributed by atoms with van der Waals surface area (Å²) in [4.78, 5) is 26.4. The van der Waals surface area contributed by atoms with Gasteiger partial charge < -0.3 is 30.7 Å². The molecule has 1 atom stereocenters. The maximum atomic E-state index is 13.0. The molecule has 2 saturated heterocycles. The van der Waals surface area contributed by atoms with E-state index in [2.05, 4.69) is 55.1 Å². The number of benzene rings is 1. The summed E-state index contributed by atoms with van der Waals surface area (Å²) in [6, 6.07) is 10.4. The third kappa shape index (κ3) is 5.64. The van der Waals surface area contributed by atoms with E-state index >= 15 is 0 Å². The lowest BCUT2D eigenvalue weighted by Crippen LogP contribution is -2.51. The van der Waals surface area contributed by atoms with Gasteiger partial charge >= 0.3 is 0 Å². The van der Waals surface area contributed by atoms with Crippen molar-refractivity contribution in [1.82, 2.24) is 25.5 Å². The van der Waals surface area contributed by atoms with E-state index < -0.39 is 6.10 Å². The second-order valence-electron chi connectivity index (χ2n) is 9.16. The number of aliphatic hydroxyl groups is 1. The zero-order valence-corrected chi connectivity index (χ0v) is 19.4. The molecule has 0 radical (unpaired) electrons. The van der Waals surface area contributed by atoms with Crippen molar-refractivity contribution in [2.75, 3.05) is 69.2 Å². The molecule has 4 N–H and O–H groups in total. The summed E-state index contributed by atoms with van der Waals surface area (Å²) in [5.41, 5.74) is 2.98. The molecule has 1 aromatic heterocycles. The molecular formula is C24H33N7O3. The lowest BCUT2D eigenvalue weighted by atomic mass is 10.00. The molecule has 34 heavy (non-hydrogen) atoms. The van der Waals surface area contributed by atoms with Crippen LogP contribution in [0.1, 0.15) is 21.6 Å². The van der Waals surface area contributed by atoms with Crippen LogP contribution in [0.15, 0.2) is 30.3 Å². The Bertz CT molecular complexity index is 994. The summed E-state index contributed by atoms with van der Waals surface area (Å²) in [6.45, 7) is 6.74. The van der Waals surface area contributed by atoms with Crippen molar-refractivity contribution >= 4 is 17.7 Å². The summed E-state index contributed by atoms with van der Waals surface area (Å²) < 4.78 is 5.43. The molecule has 3 aliphatic rings. The highest BCUT2D eigenvalue weighted by atomic mass is 16.5. The largest absolute Gasteiger partial charge is 0.390 e. The summed E-state index contributed by atoms with van der Waals surface area (Å²) >= 11 is 0. The van der Waals surface area contributed by atoms with Gasteiger partial charge in [-0.3, -0.25) is 9.69 Å². The highest BCUT2D eigenvalue weighted by Gasteiger charge is 2.23. The maximum absolute atomic E-state index is 13.0. The molecule has 2 fully saturated rings. The maximum Gasteiger partial charge on any atom is 0.270 e. The number of anilines is 2. The van der Waals surface area contributed by atoms with E-state index in [9.17, 15) is 9.90 Å². The first-order valence-corrected chi connectivity index (χ1v) is 12.1. The van der Waals surface area contributed by atoms with Gasteiger partial charge in [-0.1, -0.05) is 24.3 Å². The molecule has 4 heterocycles. The van der Waals surface area contributed by atoms with Crippen molar-refractivity contribution in [3.05, 3.63) is 47.2 Å². The Morgan fingerprint density at radius 2 is 1.97 bits per heavy atom. The first kappa shape index (κ1) is 23.0. The fourth-order valence-corrected chi connectivity index (χ4v) is 4.50. The number of carbonyl (C=O) groups excluding carboxylic acids is 1. The van der Waals surface area contributed by atoms with Gasteiger partial charge in [0.1, 0.15) is 11.5 Å². The molecule has 1 aromatic carbocycles. The molecule has 0 bridgehead atoms. The monoisotopic (exact) mass is 467 g/mol. The molecule has 10 heteroatoms. The Morgan fingerprint density at radius 1 is 1.18 bits per heavy atom. The summed E-state index contributed by atoms with van der Waals surface area (Å²) in [7, 11) is 0. The lowest BCUT2D eigenvalue weighted by Gasteiger charge is -2.30. The van der Waals surface area contributed by atoms with Crippen molar-refractivity contribution in [3.63, 3.8) is 0 Å². The number of nitrogens with zero attached hydrogens (tertiary/aromatic N) is 4. The molecule has 0 saturated carbocycles. The summed E-state index contributed by atoms with van der Waals surface area (Å²) in [5.74, 6) is 0.855. The number of nitrogens with one attached hydrogen (secondary N) is 3. The smallest absolute Gasteiger partial charge is 0.270 e. The van der Waals surface area contributed by atoms with Crippen molar-refractivity contribution < 1.29 is 14.6 Å². The van der Waals surface area contributed by atoms with Crippen molar-refractivity contribution in [2.45, 2.75) is 25.1 Å². The number of aromatic nitrogens is 2. The van der Waals surface area contributed by atoms with Gasteiger partial charge in [0, 0.05) is 58.4 Å². The number of rotatable bonds is 8. The Kier molecular flexibility index (Phi) is 7.19. The van der Waals surface area contributed by atoms with Crippen LogP contribution < -0.4 is 20.9 Å². The van der Waals surface area contributed by atoms with Crippen LogP contribution in [0.2, 0.25) is 0 Å². The van der Waals surface area contributed by atoms with Gasteiger partial charge in [-0.05, 0) is 17.5 Å². The van der Waals surface area contributed by atoms with Crippen molar-refractivity contribution in [2.24, 2.45) is 0 Å². The molecule has 5 rings (SSSR count). The lowest BCUT2D eigenvalue weighted by molar-refractivity contribution is 0.0838.